The Balaban J connectivity index is 1.72. The van der Waals surface area contributed by atoms with Gasteiger partial charge in [0, 0.05) is 38.1 Å². The van der Waals surface area contributed by atoms with Gasteiger partial charge in [-0.15, -0.1) is 0 Å². The van der Waals surface area contributed by atoms with E-state index in [1.165, 1.54) is 0 Å². The first-order valence-corrected chi connectivity index (χ1v) is 7.96. The Morgan fingerprint density at radius 2 is 2.12 bits per heavy atom. The van der Waals surface area contributed by atoms with Gasteiger partial charge in [0.2, 0.25) is 0 Å². The molecular weight excluding hydrogens is 330 g/mol. The molecule has 0 radical (unpaired) electrons. The molecule has 1 aliphatic heterocycles. The van der Waals surface area contributed by atoms with Crippen LogP contribution in [-0.2, 0) is 4.74 Å². The summed E-state index contributed by atoms with van der Waals surface area (Å²) in [6, 6.07) is 4.27. The second-order valence-corrected chi connectivity index (χ2v) is 5.64. The number of carbonyl (C=O) groups excluding carboxylic acids is 1. The SMILES string of the molecule is O=C(NC[C@@H](c1cccnc1)N1CCOCC1)c1ncc(F)cc1F. The molecule has 0 bridgehead atoms. The van der Waals surface area contributed by atoms with Crippen molar-refractivity contribution in [1.82, 2.24) is 20.2 Å². The molecule has 2 aromatic rings. The molecule has 25 heavy (non-hydrogen) atoms. The maximum atomic E-state index is 13.7. The van der Waals surface area contributed by atoms with Crippen LogP contribution in [0, 0.1) is 11.6 Å². The third kappa shape index (κ3) is 4.34. The second kappa shape index (κ2) is 8.09. The zero-order valence-corrected chi connectivity index (χ0v) is 13.5. The number of carbonyl (C=O) groups is 1. The number of aromatic nitrogens is 2. The minimum absolute atomic E-state index is 0.120. The van der Waals surface area contributed by atoms with Crippen LogP contribution in [-0.4, -0.2) is 53.6 Å². The first-order valence-electron chi connectivity index (χ1n) is 7.96. The number of morpholine rings is 1. The van der Waals surface area contributed by atoms with E-state index in [1.807, 2.05) is 12.1 Å². The van der Waals surface area contributed by atoms with Gasteiger partial charge in [-0.05, 0) is 11.6 Å². The third-order valence-electron chi connectivity index (χ3n) is 4.03. The van der Waals surface area contributed by atoms with E-state index in [0.29, 0.717) is 19.3 Å². The standard InChI is InChI=1S/C17H18F2N4O2/c18-13-8-14(19)16(21-10-13)17(24)22-11-15(12-2-1-3-20-9-12)23-4-6-25-7-5-23/h1-3,8-10,15H,4-7,11H2,(H,22,24)/t15-/m0/s1. The average Bonchev–Trinajstić information content (AvgIpc) is 2.63. The molecule has 0 spiro atoms. The fourth-order valence-electron chi connectivity index (χ4n) is 2.77. The quantitative estimate of drug-likeness (QED) is 0.888. The van der Waals surface area contributed by atoms with Gasteiger partial charge < -0.3 is 10.1 Å². The number of hydrogen-bond donors (Lipinski definition) is 1. The van der Waals surface area contributed by atoms with E-state index in [9.17, 15) is 13.6 Å². The lowest BCUT2D eigenvalue weighted by atomic mass is 10.1. The summed E-state index contributed by atoms with van der Waals surface area (Å²) in [5, 5.41) is 2.68. The van der Waals surface area contributed by atoms with Crippen LogP contribution in [0.3, 0.4) is 0 Å². The monoisotopic (exact) mass is 348 g/mol. The lowest BCUT2D eigenvalue weighted by Gasteiger charge is -2.34. The summed E-state index contributed by atoms with van der Waals surface area (Å²) in [6.45, 7) is 2.91. The van der Waals surface area contributed by atoms with Crippen molar-refractivity contribution in [1.29, 1.82) is 0 Å². The molecule has 0 unspecified atom stereocenters. The Hall–Kier alpha value is -2.45. The van der Waals surface area contributed by atoms with Crippen LogP contribution in [0.25, 0.3) is 0 Å². The Bertz CT molecular complexity index is 724. The first kappa shape index (κ1) is 17.4. The molecule has 3 rings (SSSR count). The Morgan fingerprint density at radius 3 is 2.80 bits per heavy atom. The van der Waals surface area contributed by atoms with Crippen molar-refractivity contribution < 1.29 is 18.3 Å². The molecule has 6 nitrogen and oxygen atoms in total. The van der Waals surface area contributed by atoms with Gasteiger partial charge in [0.05, 0.1) is 25.5 Å². The summed E-state index contributed by atoms with van der Waals surface area (Å²) < 4.78 is 32.0. The molecule has 1 aliphatic rings. The van der Waals surface area contributed by atoms with Crippen LogP contribution in [0.2, 0.25) is 0 Å². The highest BCUT2D eigenvalue weighted by Gasteiger charge is 2.24. The highest BCUT2D eigenvalue weighted by molar-refractivity contribution is 5.92. The molecule has 132 valence electrons. The highest BCUT2D eigenvalue weighted by atomic mass is 19.1. The Labute approximate surface area is 143 Å². The number of amides is 1. The number of ether oxygens (including phenoxy) is 1. The van der Waals surface area contributed by atoms with Gasteiger partial charge in [0.1, 0.15) is 5.82 Å². The molecule has 1 atom stereocenters. The molecule has 1 fully saturated rings. The van der Waals surface area contributed by atoms with Crippen LogP contribution >= 0.6 is 0 Å². The van der Waals surface area contributed by atoms with Crippen molar-refractivity contribution in [2.45, 2.75) is 6.04 Å². The first-order chi connectivity index (χ1) is 12.1. The lowest BCUT2D eigenvalue weighted by molar-refractivity contribution is 0.0161. The molecule has 2 aromatic heterocycles. The average molecular weight is 348 g/mol. The summed E-state index contributed by atoms with van der Waals surface area (Å²) in [5.41, 5.74) is 0.519. The number of halogens is 2. The summed E-state index contributed by atoms with van der Waals surface area (Å²) in [7, 11) is 0. The smallest absolute Gasteiger partial charge is 0.273 e. The van der Waals surface area contributed by atoms with E-state index in [0.717, 1.165) is 24.8 Å². The molecule has 3 heterocycles. The zero-order valence-electron chi connectivity index (χ0n) is 13.5. The van der Waals surface area contributed by atoms with Crippen molar-refractivity contribution in [3.63, 3.8) is 0 Å². The fraction of sp³-hybridized carbons (Fsp3) is 0.353. The summed E-state index contributed by atoms with van der Waals surface area (Å²) in [5.74, 6) is -2.49. The molecule has 1 saturated heterocycles. The van der Waals surface area contributed by atoms with Gasteiger partial charge in [-0.25, -0.2) is 13.8 Å². The van der Waals surface area contributed by atoms with Gasteiger partial charge in [0.25, 0.3) is 5.91 Å². The number of pyridine rings is 2. The Kier molecular flexibility index (Phi) is 5.62. The van der Waals surface area contributed by atoms with Crippen molar-refractivity contribution in [3.05, 3.63) is 59.7 Å². The largest absolute Gasteiger partial charge is 0.379 e. The summed E-state index contributed by atoms with van der Waals surface area (Å²) in [4.78, 5) is 22.0. The Morgan fingerprint density at radius 1 is 1.32 bits per heavy atom. The highest BCUT2D eigenvalue weighted by Crippen LogP contribution is 2.20. The lowest BCUT2D eigenvalue weighted by Crippen LogP contribution is -2.44. The van der Waals surface area contributed by atoms with Crippen LogP contribution in [0.4, 0.5) is 8.78 Å². The third-order valence-corrected chi connectivity index (χ3v) is 4.03. The van der Waals surface area contributed by atoms with Gasteiger partial charge in [-0.1, -0.05) is 6.07 Å². The molecule has 0 aliphatic carbocycles. The van der Waals surface area contributed by atoms with Gasteiger partial charge in [-0.3, -0.25) is 14.7 Å². The van der Waals surface area contributed by atoms with E-state index in [-0.39, 0.29) is 12.6 Å². The van der Waals surface area contributed by atoms with E-state index in [4.69, 9.17) is 4.74 Å². The molecule has 0 aromatic carbocycles. The van der Waals surface area contributed by atoms with Crippen LogP contribution in [0.5, 0.6) is 0 Å². The predicted molar refractivity (Wildman–Crippen MR) is 85.9 cm³/mol. The molecule has 1 amide bonds. The minimum atomic E-state index is -0.984. The van der Waals surface area contributed by atoms with Crippen LogP contribution < -0.4 is 5.32 Å². The van der Waals surface area contributed by atoms with Crippen LogP contribution in [0.1, 0.15) is 22.1 Å². The maximum Gasteiger partial charge on any atom is 0.273 e. The number of nitrogens with one attached hydrogen (secondary N) is 1. The minimum Gasteiger partial charge on any atom is -0.379 e. The van der Waals surface area contributed by atoms with Crippen molar-refractivity contribution in [2.24, 2.45) is 0 Å². The fourth-order valence-corrected chi connectivity index (χ4v) is 2.77. The van der Waals surface area contributed by atoms with Crippen LogP contribution in [0.15, 0.2) is 36.8 Å². The van der Waals surface area contributed by atoms with Gasteiger partial charge >= 0.3 is 0 Å². The zero-order chi connectivity index (χ0) is 17.6. The molecule has 0 saturated carbocycles. The topological polar surface area (TPSA) is 67.4 Å². The molecule has 1 N–H and O–H groups in total. The number of nitrogens with zero attached hydrogens (tertiary/aromatic N) is 3. The van der Waals surface area contributed by atoms with E-state index in [2.05, 4.69) is 20.2 Å². The molecular formula is C17H18F2N4O2. The number of rotatable bonds is 5. The van der Waals surface area contributed by atoms with E-state index in [1.54, 1.807) is 12.4 Å². The van der Waals surface area contributed by atoms with E-state index >= 15 is 0 Å². The number of hydrogen-bond acceptors (Lipinski definition) is 5. The van der Waals surface area contributed by atoms with Crippen molar-refractivity contribution >= 4 is 5.91 Å². The summed E-state index contributed by atoms with van der Waals surface area (Å²) in [6.07, 6.45) is 4.23. The summed E-state index contributed by atoms with van der Waals surface area (Å²) >= 11 is 0. The van der Waals surface area contributed by atoms with Gasteiger partial charge in [0.15, 0.2) is 11.5 Å². The van der Waals surface area contributed by atoms with Crippen molar-refractivity contribution in [2.75, 3.05) is 32.8 Å². The predicted octanol–water partition coefficient (Wildman–Crippen LogP) is 1.56. The maximum absolute atomic E-state index is 13.7. The normalized spacial score (nSPS) is 16.4. The second-order valence-electron chi connectivity index (χ2n) is 5.64. The van der Waals surface area contributed by atoms with Gasteiger partial charge in [-0.2, -0.15) is 0 Å². The van der Waals surface area contributed by atoms with Crippen molar-refractivity contribution in [3.8, 4) is 0 Å². The molecule has 8 heteroatoms. The van der Waals surface area contributed by atoms with E-state index < -0.39 is 23.2 Å².